The molecule has 1 aliphatic carbocycles. The highest BCUT2D eigenvalue weighted by molar-refractivity contribution is 5.85. The first kappa shape index (κ1) is 14.7. The molecule has 2 aliphatic rings. The molecule has 4 rings (SSSR count). The van der Waals surface area contributed by atoms with Crippen LogP contribution in [0.5, 0.6) is 0 Å². The van der Waals surface area contributed by atoms with Crippen LogP contribution in [0.2, 0.25) is 0 Å². The molecule has 23 heavy (non-hydrogen) atoms. The fourth-order valence-electron chi connectivity index (χ4n) is 3.84. The Morgan fingerprint density at radius 3 is 2.57 bits per heavy atom. The highest BCUT2D eigenvalue weighted by atomic mass is 16.2. The van der Waals surface area contributed by atoms with E-state index in [1.165, 1.54) is 16.3 Å². The Morgan fingerprint density at radius 1 is 1.13 bits per heavy atom. The molecule has 2 fully saturated rings. The third-order valence-electron chi connectivity index (χ3n) is 5.53. The van der Waals surface area contributed by atoms with Crippen molar-refractivity contribution in [2.45, 2.75) is 19.9 Å². The van der Waals surface area contributed by atoms with Crippen LogP contribution in [0.4, 0.5) is 0 Å². The maximum atomic E-state index is 12.3. The number of amides is 1. The third kappa shape index (κ3) is 2.98. The zero-order valence-corrected chi connectivity index (χ0v) is 13.8. The van der Waals surface area contributed by atoms with Crippen LogP contribution in [-0.4, -0.2) is 37.0 Å². The van der Waals surface area contributed by atoms with Crippen molar-refractivity contribution >= 4 is 16.7 Å². The van der Waals surface area contributed by atoms with Gasteiger partial charge in [0.2, 0.25) is 5.91 Å². The van der Waals surface area contributed by atoms with E-state index in [0.29, 0.717) is 17.7 Å². The molecule has 3 heteroatoms. The van der Waals surface area contributed by atoms with Crippen molar-refractivity contribution in [3.63, 3.8) is 0 Å². The summed E-state index contributed by atoms with van der Waals surface area (Å²) in [5.41, 5.74) is 1.42. The van der Waals surface area contributed by atoms with Crippen LogP contribution in [0.3, 0.4) is 0 Å². The summed E-state index contributed by atoms with van der Waals surface area (Å²) in [4.78, 5) is 16.0. The minimum absolute atomic E-state index is 0.328. The van der Waals surface area contributed by atoms with Crippen molar-refractivity contribution in [2.24, 2.45) is 11.8 Å². The van der Waals surface area contributed by atoms with E-state index >= 15 is 0 Å². The van der Waals surface area contributed by atoms with Crippen LogP contribution in [0.15, 0.2) is 42.5 Å². The second-order valence-electron chi connectivity index (χ2n) is 7.21. The number of piperazine rings is 1. The Balaban J connectivity index is 1.40. The molecule has 2 aromatic rings. The number of nitrogens with zero attached hydrogens (tertiary/aromatic N) is 1. The Labute approximate surface area is 137 Å². The molecule has 1 amide bonds. The molecule has 1 saturated carbocycles. The van der Waals surface area contributed by atoms with Gasteiger partial charge < -0.3 is 9.80 Å². The molecule has 0 radical (unpaired) electrons. The molecule has 0 spiro atoms. The average molecular weight is 309 g/mol. The number of quaternary nitrogens is 1. The largest absolute Gasteiger partial charge is 0.331 e. The number of carbonyl (C=O) groups is 1. The summed E-state index contributed by atoms with van der Waals surface area (Å²) in [5, 5.41) is 2.69. The normalized spacial score (nSPS) is 24.8. The summed E-state index contributed by atoms with van der Waals surface area (Å²) < 4.78 is 0. The van der Waals surface area contributed by atoms with Crippen LogP contribution in [0.25, 0.3) is 10.8 Å². The summed E-state index contributed by atoms with van der Waals surface area (Å²) in [5.74, 6) is 1.35. The van der Waals surface area contributed by atoms with Gasteiger partial charge >= 0.3 is 0 Å². The SMILES string of the molecule is C[C@H]1C[C@@H]1C(=O)N1CC[NH+](Cc2cccc3ccccc23)CC1. The predicted molar refractivity (Wildman–Crippen MR) is 92.2 cm³/mol. The quantitative estimate of drug-likeness (QED) is 0.917. The van der Waals surface area contributed by atoms with Crippen molar-refractivity contribution in [3.8, 4) is 0 Å². The second-order valence-corrected chi connectivity index (χ2v) is 7.21. The van der Waals surface area contributed by atoms with Gasteiger partial charge in [0.1, 0.15) is 6.54 Å². The first-order valence-corrected chi connectivity index (χ1v) is 8.81. The van der Waals surface area contributed by atoms with Gasteiger partial charge in [-0.3, -0.25) is 4.79 Å². The van der Waals surface area contributed by atoms with Gasteiger partial charge in [-0.05, 0) is 23.1 Å². The van der Waals surface area contributed by atoms with Gasteiger partial charge in [-0.25, -0.2) is 0 Å². The molecule has 0 unspecified atom stereocenters. The van der Waals surface area contributed by atoms with E-state index in [2.05, 4.69) is 54.3 Å². The lowest BCUT2D eigenvalue weighted by Gasteiger charge is -2.32. The van der Waals surface area contributed by atoms with Crippen molar-refractivity contribution in [2.75, 3.05) is 26.2 Å². The zero-order valence-electron chi connectivity index (χ0n) is 13.8. The van der Waals surface area contributed by atoms with E-state index < -0.39 is 0 Å². The van der Waals surface area contributed by atoms with Gasteiger partial charge in [-0.15, -0.1) is 0 Å². The van der Waals surface area contributed by atoms with Gasteiger partial charge in [-0.2, -0.15) is 0 Å². The first-order valence-electron chi connectivity index (χ1n) is 8.81. The number of hydrogen-bond acceptors (Lipinski definition) is 1. The smallest absolute Gasteiger partial charge is 0.226 e. The van der Waals surface area contributed by atoms with Gasteiger partial charge in [0.15, 0.2) is 0 Å². The minimum Gasteiger partial charge on any atom is -0.331 e. The van der Waals surface area contributed by atoms with E-state index in [4.69, 9.17) is 0 Å². The Hall–Kier alpha value is -1.87. The molecular weight excluding hydrogens is 284 g/mol. The van der Waals surface area contributed by atoms with E-state index in [1.807, 2.05) is 0 Å². The Morgan fingerprint density at radius 2 is 1.83 bits per heavy atom. The summed E-state index contributed by atoms with van der Waals surface area (Å²) in [6, 6.07) is 15.2. The lowest BCUT2D eigenvalue weighted by atomic mass is 10.0. The summed E-state index contributed by atoms with van der Waals surface area (Å²) in [6.45, 7) is 7.21. The van der Waals surface area contributed by atoms with Crippen LogP contribution in [-0.2, 0) is 11.3 Å². The third-order valence-corrected chi connectivity index (χ3v) is 5.53. The van der Waals surface area contributed by atoms with Crippen LogP contribution in [0.1, 0.15) is 18.9 Å². The topological polar surface area (TPSA) is 24.8 Å². The highest BCUT2D eigenvalue weighted by Gasteiger charge is 2.42. The van der Waals surface area contributed by atoms with Gasteiger partial charge in [0, 0.05) is 11.5 Å². The van der Waals surface area contributed by atoms with Gasteiger partial charge in [-0.1, -0.05) is 49.4 Å². The number of nitrogens with one attached hydrogen (secondary N) is 1. The number of hydrogen-bond donors (Lipinski definition) is 1. The highest BCUT2D eigenvalue weighted by Crippen LogP contribution is 2.39. The molecular formula is C20H25N2O+. The fraction of sp³-hybridized carbons (Fsp3) is 0.450. The Bertz CT molecular complexity index is 713. The minimum atomic E-state index is 0.328. The van der Waals surface area contributed by atoms with Crippen LogP contribution < -0.4 is 4.90 Å². The summed E-state index contributed by atoms with van der Waals surface area (Å²) in [7, 11) is 0. The predicted octanol–water partition coefficient (Wildman–Crippen LogP) is 1.72. The average Bonchev–Trinajstić information content (AvgIpc) is 3.32. The Kier molecular flexibility index (Phi) is 3.82. The van der Waals surface area contributed by atoms with Gasteiger partial charge in [0.25, 0.3) is 0 Å². The van der Waals surface area contributed by atoms with E-state index in [-0.39, 0.29) is 0 Å². The molecule has 1 saturated heterocycles. The van der Waals surface area contributed by atoms with Crippen molar-refractivity contribution in [3.05, 3.63) is 48.0 Å². The van der Waals surface area contributed by atoms with Crippen LogP contribution >= 0.6 is 0 Å². The lowest BCUT2D eigenvalue weighted by Crippen LogP contribution is -3.13. The standard InChI is InChI=1S/C20H24N2O/c1-15-13-19(15)20(23)22-11-9-21(10-12-22)14-17-7-4-6-16-5-2-3-8-18(16)17/h2-8,15,19H,9-14H2,1H3/p+1/t15-,19-/m0/s1. The van der Waals surface area contributed by atoms with Crippen molar-refractivity contribution in [1.29, 1.82) is 0 Å². The maximum absolute atomic E-state index is 12.3. The summed E-state index contributed by atoms with van der Waals surface area (Å²) in [6.07, 6.45) is 1.10. The van der Waals surface area contributed by atoms with Crippen molar-refractivity contribution < 1.29 is 9.69 Å². The van der Waals surface area contributed by atoms with Crippen molar-refractivity contribution in [1.82, 2.24) is 4.90 Å². The second kappa shape index (κ2) is 5.97. The maximum Gasteiger partial charge on any atom is 0.226 e. The lowest BCUT2D eigenvalue weighted by molar-refractivity contribution is -0.917. The van der Waals surface area contributed by atoms with Gasteiger partial charge in [0.05, 0.1) is 26.2 Å². The summed E-state index contributed by atoms with van der Waals surface area (Å²) >= 11 is 0. The molecule has 2 aromatic carbocycles. The monoisotopic (exact) mass is 309 g/mol. The van der Waals surface area contributed by atoms with E-state index in [1.54, 1.807) is 4.90 Å². The number of rotatable bonds is 3. The van der Waals surface area contributed by atoms with Crippen LogP contribution in [0, 0.1) is 11.8 Å². The molecule has 3 nitrogen and oxygen atoms in total. The molecule has 120 valence electrons. The van der Waals surface area contributed by atoms with E-state index in [9.17, 15) is 4.79 Å². The molecule has 1 aliphatic heterocycles. The molecule has 1 N–H and O–H groups in total. The molecule has 1 heterocycles. The number of carbonyl (C=O) groups excluding carboxylic acids is 1. The molecule has 0 aromatic heterocycles. The van der Waals surface area contributed by atoms with E-state index in [0.717, 1.165) is 39.1 Å². The number of benzene rings is 2. The fourth-order valence-corrected chi connectivity index (χ4v) is 3.84. The first-order chi connectivity index (χ1) is 11.2. The molecule has 0 bridgehead atoms. The molecule has 2 atom stereocenters. The zero-order chi connectivity index (χ0) is 15.8. The number of fused-ring (bicyclic) bond motifs is 1.